The molecule has 18 heavy (non-hydrogen) atoms. The number of halogens is 2. The molecular weight excluding hydrogens is 242 g/mol. The second-order valence-corrected chi connectivity index (χ2v) is 4.54. The van der Waals surface area contributed by atoms with Crippen LogP contribution in [-0.4, -0.2) is 18.2 Å². The maximum Gasteiger partial charge on any atom is 0.314 e. The largest absolute Gasteiger partial charge is 0.493 e. The SMILES string of the molecule is COc1c(C2(C(=O)O)CCCC2)ccc(F)c1F. The van der Waals surface area contributed by atoms with Crippen LogP contribution in [0.5, 0.6) is 5.75 Å². The van der Waals surface area contributed by atoms with Crippen molar-refractivity contribution in [2.24, 2.45) is 0 Å². The third-order valence-corrected chi connectivity index (χ3v) is 3.64. The Balaban J connectivity index is 2.62. The van der Waals surface area contributed by atoms with Crippen LogP contribution >= 0.6 is 0 Å². The second kappa shape index (κ2) is 4.55. The van der Waals surface area contributed by atoms with Crippen molar-refractivity contribution in [2.75, 3.05) is 7.11 Å². The molecule has 1 saturated carbocycles. The highest BCUT2D eigenvalue weighted by molar-refractivity contribution is 5.83. The van der Waals surface area contributed by atoms with Gasteiger partial charge in [-0.15, -0.1) is 0 Å². The summed E-state index contributed by atoms with van der Waals surface area (Å²) in [6.07, 6.45) is 2.36. The van der Waals surface area contributed by atoms with Gasteiger partial charge < -0.3 is 9.84 Å². The molecule has 1 aliphatic carbocycles. The van der Waals surface area contributed by atoms with E-state index in [1.807, 2.05) is 0 Å². The van der Waals surface area contributed by atoms with Crippen molar-refractivity contribution in [3.05, 3.63) is 29.3 Å². The topological polar surface area (TPSA) is 46.5 Å². The van der Waals surface area contributed by atoms with Crippen LogP contribution in [0.1, 0.15) is 31.2 Å². The summed E-state index contributed by atoms with van der Waals surface area (Å²) >= 11 is 0. The Bertz CT molecular complexity index is 479. The van der Waals surface area contributed by atoms with Gasteiger partial charge in [-0.3, -0.25) is 4.79 Å². The van der Waals surface area contributed by atoms with Gasteiger partial charge in [0.05, 0.1) is 12.5 Å². The number of benzene rings is 1. The van der Waals surface area contributed by atoms with Gasteiger partial charge in [-0.05, 0) is 18.9 Å². The number of carboxylic acid groups (broad SMARTS) is 1. The Kier molecular flexibility index (Phi) is 3.24. The smallest absolute Gasteiger partial charge is 0.314 e. The maximum atomic E-state index is 13.7. The molecule has 1 aliphatic rings. The normalized spacial score (nSPS) is 17.7. The quantitative estimate of drug-likeness (QED) is 0.904. The monoisotopic (exact) mass is 256 g/mol. The third kappa shape index (κ3) is 1.74. The van der Waals surface area contributed by atoms with E-state index in [2.05, 4.69) is 0 Å². The van der Waals surface area contributed by atoms with Crippen LogP contribution in [0, 0.1) is 11.6 Å². The van der Waals surface area contributed by atoms with Gasteiger partial charge in [0, 0.05) is 5.56 Å². The van der Waals surface area contributed by atoms with Crippen LogP contribution in [0.15, 0.2) is 12.1 Å². The lowest BCUT2D eigenvalue weighted by molar-refractivity contribution is -0.143. The number of methoxy groups -OCH3 is 1. The highest BCUT2D eigenvalue weighted by Crippen LogP contribution is 2.45. The number of hydrogen-bond donors (Lipinski definition) is 1. The van der Waals surface area contributed by atoms with Crippen molar-refractivity contribution < 1.29 is 23.4 Å². The van der Waals surface area contributed by atoms with E-state index in [0.29, 0.717) is 12.8 Å². The Morgan fingerprint density at radius 1 is 1.33 bits per heavy atom. The van der Waals surface area contributed by atoms with Gasteiger partial charge in [-0.1, -0.05) is 18.9 Å². The molecule has 5 heteroatoms. The van der Waals surface area contributed by atoms with Crippen LogP contribution < -0.4 is 4.74 Å². The van der Waals surface area contributed by atoms with E-state index < -0.39 is 23.0 Å². The third-order valence-electron chi connectivity index (χ3n) is 3.64. The summed E-state index contributed by atoms with van der Waals surface area (Å²) in [6.45, 7) is 0. The average Bonchev–Trinajstić information content (AvgIpc) is 2.82. The molecule has 3 nitrogen and oxygen atoms in total. The molecule has 1 N–H and O–H groups in total. The summed E-state index contributed by atoms with van der Waals surface area (Å²) in [5, 5.41) is 9.43. The molecule has 1 aromatic rings. The number of carboxylic acids is 1. The first-order valence-corrected chi connectivity index (χ1v) is 5.79. The molecule has 98 valence electrons. The molecule has 0 atom stereocenters. The molecule has 0 amide bonds. The molecular formula is C13H14F2O3. The van der Waals surface area contributed by atoms with Crippen molar-refractivity contribution in [2.45, 2.75) is 31.1 Å². The number of ether oxygens (including phenoxy) is 1. The van der Waals surface area contributed by atoms with E-state index >= 15 is 0 Å². The van der Waals surface area contributed by atoms with Crippen LogP contribution in [0.25, 0.3) is 0 Å². The molecule has 0 heterocycles. The lowest BCUT2D eigenvalue weighted by atomic mass is 9.78. The fourth-order valence-corrected chi connectivity index (χ4v) is 2.69. The minimum absolute atomic E-state index is 0.230. The predicted octanol–water partition coefficient (Wildman–Crippen LogP) is 2.87. The lowest BCUT2D eigenvalue weighted by Crippen LogP contribution is -2.33. The fraction of sp³-hybridized carbons (Fsp3) is 0.462. The Morgan fingerprint density at radius 2 is 1.94 bits per heavy atom. The molecule has 0 bridgehead atoms. The molecule has 0 spiro atoms. The van der Waals surface area contributed by atoms with Gasteiger partial charge in [-0.25, -0.2) is 4.39 Å². The first-order valence-electron chi connectivity index (χ1n) is 5.79. The highest BCUT2D eigenvalue weighted by Gasteiger charge is 2.45. The molecule has 0 unspecified atom stereocenters. The summed E-state index contributed by atoms with van der Waals surface area (Å²) in [6, 6.07) is 2.27. The molecule has 0 aromatic heterocycles. The van der Waals surface area contributed by atoms with Crippen molar-refractivity contribution >= 4 is 5.97 Å². The van der Waals surface area contributed by atoms with Gasteiger partial charge >= 0.3 is 5.97 Å². The minimum atomic E-state index is -1.15. The number of rotatable bonds is 3. The predicted molar refractivity (Wildman–Crippen MR) is 60.7 cm³/mol. The number of aliphatic carboxylic acids is 1. The Labute approximate surface area is 103 Å². The molecule has 0 saturated heterocycles. The zero-order valence-corrected chi connectivity index (χ0v) is 10.0. The fourth-order valence-electron chi connectivity index (χ4n) is 2.69. The summed E-state index contributed by atoms with van der Waals surface area (Å²) in [4.78, 5) is 11.5. The molecule has 2 rings (SSSR count). The summed E-state index contributed by atoms with van der Waals surface area (Å²) in [5.74, 6) is -3.46. The lowest BCUT2D eigenvalue weighted by Gasteiger charge is -2.26. The van der Waals surface area contributed by atoms with Crippen molar-refractivity contribution in [3.8, 4) is 5.75 Å². The molecule has 0 radical (unpaired) electrons. The number of hydrogen-bond acceptors (Lipinski definition) is 2. The first kappa shape index (κ1) is 12.8. The van der Waals surface area contributed by atoms with Gasteiger partial charge in [0.2, 0.25) is 5.82 Å². The van der Waals surface area contributed by atoms with Gasteiger partial charge in [0.15, 0.2) is 11.6 Å². The van der Waals surface area contributed by atoms with Crippen molar-refractivity contribution in [1.82, 2.24) is 0 Å². The zero-order chi connectivity index (χ0) is 13.3. The van der Waals surface area contributed by atoms with Crippen LogP contribution in [0.3, 0.4) is 0 Å². The zero-order valence-electron chi connectivity index (χ0n) is 10.0. The standard InChI is InChI=1S/C13H14F2O3/c1-18-11-8(4-5-9(14)10(11)15)13(12(16)17)6-2-3-7-13/h4-5H,2-3,6-7H2,1H3,(H,16,17). The van der Waals surface area contributed by atoms with Gasteiger partial charge in [0.1, 0.15) is 0 Å². The van der Waals surface area contributed by atoms with E-state index in [1.165, 1.54) is 13.2 Å². The Morgan fingerprint density at radius 3 is 2.44 bits per heavy atom. The van der Waals surface area contributed by atoms with Crippen LogP contribution in [0.4, 0.5) is 8.78 Å². The summed E-state index contributed by atoms with van der Waals surface area (Å²) in [7, 11) is 1.21. The molecule has 1 fully saturated rings. The maximum absolute atomic E-state index is 13.7. The van der Waals surface area contributed by atoms with E-state index in [1.54, 1.807) is 0 Å². The summed E-state index contributed by atoms with van der Waals surface area (Å²) < 4.78 is 31.7. The van der Waals surface area contributed by atoms with Gasteiger partial charge in [0.25, 0.3) is 0 Å². The molecule has 0 aliphatic heterocycles. The summed E-state index contributed by atoms with van der Waals surface area (Å²) in [5.41, 5.74) is -0.922. The van der Waals surface area contributed by atoms with Crippen molar-refractivity contribution in [1.29, 1.82) is 0 Å². The van der Waals surface area contributed by atoms with Gasteiger partial charge in [-0.2, -0.15) is 4.39 Å². The first-order chi connectivity index (χ1) is 8.53. The minimum Gasteiger partial charge on any atom is -0.493 e. The van der Waals surface area contributed by atoms with Crippen LogP contribution in [-0.2, 0) is 10.2 Å². The average molecular weight is 256 g/mol. The highest BCUT2D eigenvalue weighted by atomic mass is 19.2. The van der Waals surface area contributed by atoms with Crippen molar-refractivity contribution in [3.63, 3.8) is 0 Å². The second-order valence-electron chi connectivity index (χ2n) is 4.54. The van der Waals surface area contributed by atoms with E-state index in [4.69, 9.17) is 4.74 Å². The van der Waals surface area contributed by atoms with E-state index in [9.17, 15) is 18.7 Å². The number of carbonyl (C=O) groups is 1. The van der Waals surface area contributed by atoms with Crippen LogP contribution in [0.2, 0.25) is 0 Å². The molecule has 1 aromatic carbocycles. The van der Waals surface area contributed by atoms with E-state index in [0.717, 1.165) is 18.9 Å². The van der Waals surface area contributed by atoms with E-state index in [-0.39, 0.29) is 11.3 Å². The Hall–Kier alpha value is -1.65.